The molecule has 0 spiro atoms. The maximum Gasteiger partial charge on any atom is 0.393 e. The van der Waals surface area contributed by atoms with Crippen LogP contribution in [-0.4, -0.2) is 35.1 Å². The Morgan fingerprint density at radius 2 is 2.25 bits per heavy atom. The monoisotopic (exact) mass is 374 g/mol. The van der Waals surface area contributed by atoms with Crippen molar-refractivity contribution in [1.29, 1.82) is 0 Å². The Morgan fingerprint density at radius 1 is 1.46 bits per heavy atom. The van der Waals surface area contributed by atoms with Gasteiger partial charge in [-0.05, 0) is 31.2 Å². The molecule has 8 heteroatoms. The topological polar surface area (TPSA) is 33.2 Å². The van der Waals surface area contributed by atoms with Crippen LogP contribution in [0.1, 0.15) is 22.7 Å². The number of halogens is 3. The minimum absolute atomic E-state index is 0.105. The second kappa shape index (κ2) is 6.84. The van der Waals surface area contributed by atoms with Crippen molar-refractivity contribution in [3.05, 3.63) is 27.4 Å². The second-order valence-electron chi connectivity index (χ2n) is 5.88. The average molecular weight is 374 g/mol. The maximum absolute atomic E-state index is 12.9. The fourth-order valence-electron chi connectivity index (χ4n) is 2.91. The third-order valence-electron chi connectivity index (χ3n) is 4.11. The van der Waals surface area contributed by atoms with Crippen LogP contribution in [0.4, 0.5) is 13.2 Å². The Balaban J connectivity index is 1.74. The molecule has 0 aliphatic carbocycles. The first-order chi connectivity index (χ1) is 11.3. The molecule has 0 aromatic carbocycles. The summed E-state index contributed by atoms with van der Waals surface area (Å²) in [4.78, 5) is 20.2. The number of aryl methyl sites for hydroxylation is 1. The van der Waals surface area contributed by atoms with Gasteiger partial charge in [0.2, 0.25) is 5.91 Å². The zero-order valence-electron chi connectivity index (χ0n) is 13.1. The quantitative estimate of drug-likeness (QED) is 0.791. The number of carbonyl (C=O) groups is 1. The summed E-state index contributed by atoms with van der Waals surface area (Å²) in [6.07, 6.45) is -3.62. The molecule has 0 unspecified atom stereocenters. The van der Waals surface area contributed by atoms with E-state index in [0.29, 0.717) is 13.0 Å². The summed E-state index contributed by atoms with van der Waals surface area (Å²) in [6.45, 7) is 2.04. The molecular formula is C16H17F3N2OS2. The van der Waals surface area contributed by atoms with E-state index in [1.807, 2.05) is 24.4 Å². The van der Waals surface area contributed by atoms with Crippen LogP contribution < -0.4 is 0 Å². The van der Waals surface area contributed by atoms with Crippen LogP contribution in [-0.2, 0) is 11.2 Å². The molecule has 1 amide bonds. The Morgan fingerprint density at radius 3 is 2.92 bits per heavy atom. The predicted molar refractivity (Wildman–Crippen MR) is 89.2 cm³/mol. The zero-order valence-corrected chi connectivity index (χ0v) is 14.7. The molecule has 3 heterocycles. The number of rotatable bonds is 3. The molecule has 1 aliphatic heterocycles. The highest BCUT2D eigenvalue weighted by Crippen LogP contribution is 2.35. The summed E-state index contributed by atoms with van der Waals surface area (Å²) in [6, 6.07) is 3.85. The SMILES string of the molecule is Cc1nc(-c2cccs2)c(CC(=O)N2CCC[C@H](C(F)(F)F)C2)s1. The van der Waals surface area contributed by atoms with Gasteiger partial charge in [0.25, 0.3) is 0 Å². The lowest BCUT2D eigenvalue weighted by Gasteiger charge is -2.33. The summed E-state index contributed by atoms with van der Waals surface area (Å²) >= 11 is 2.98. The van der Waals surface area contributed by atoms with Gasteiger partial charge in [-0.3, -0.25) is 4.79 Å². The lowest BCUT2D eigenvalue weighted by atomic mass is 9.97. The maximum atomic E-state index is 12.9. The number of hydrogen-bond acceptors (Lipinski definition) is 4. The molecule has 1 aliphatic rings. The molecule has 1 fully saturated rings. The Hall–Kier alpha value is -1.41. The number of hydrogen-bond donors (Lipinski definition) is 0. The fourth-order valence-corrected chi connectivity index (χ4v) is 4.66. The molecule has 2 aromatic rings. The standard InChI is InChI=1S/C16H17F3N2OS2/c1-10-20-15(12-5-3-7-23-12)13(24-10)8-14(22)21-6-2-4-11(9-21)16(17,18)19/h3,5,7,11H,2,4,6,8-9H2,1H3/t11-/m0/s1. The summed E-state index contributed by atoms with van der Waals surface area (Å²) < 4.78 is 38.7. The number of carbonyl (C=O) groups excluding carboxylic acids is 1. The van der Waals surface area contributed by atoms with Gasteiger partial charge in [0.1, 0.15) is 0 Å². The van der Waals surface area contributed by atoms with E-state index in [-0.39, 0.29) is 25.3 Å². The number of amides is 1. The molecule has 1 saturated heterocycles. The van der Waals surface area contributed by atoms with Crippen molar-refractivity contribution >= 4 is 28.6 Å². The third kappa shape index (κ3) is 3.80. The minimum atomic E-state index is -4.23. The molecule has 0 N–H and O–H groups in total. The first-order valence-electron chi connectivity index (χ1n) is 7.69. The highest BCUT2D eigenvalue weighted by atomic mass is 32.1. The molecule has 0 bridgehead atoms. The van der Waals surface area contributed by atoms with Gasteiger partial charge in [-0.25, -0.2) is 4.98 Å². The Kier molecular flexibility index (Phi) is 4.96. The molecule has 0 radical (unpaired) electrons. The summed E-state index contributed by atoms with van der Waals surface area (Å²) in [5.74, 6) is -1.65. The molecular weight excluding hydrogens is 357 g/mol. The Labute approximate surface area is 146 Å². The minimum Gasteiger partial charge on any atom is -0.342 e. The highest BCUT2D eigenvalue weighted by molar-refractivity contribution is 7.15. The van der Waals surface area contributed by atoms with Gasteiger partial charge >= 0.3 is 6.18 Å². The normalized spacial score (nSPS) is 18.8. The number of nitrogens with zero attached hydrogens (tertiary/aromatic N) is 2. The van der Waals surface area contributed by atoms with Crippen molar-refractivity contribution in [2.24, 2.45) is 5.92 Å². The van der Waals surface area contributed by atoms with E-state index in [9.17, 15) is 18.0 Å². The van der Waals surface area contributed by atoms with Crippen molar-refractivity contribution in [3.8, 4) is 10.6 Å². The third-order valence-corrected chi connectivity index (χ3v) is 5.96. The zero-order chi connectivity index (χ0) is 17.3. The van der Waals surface area contributed by atoms with Gasteiger partial charge in [-0.1, -0.05) is 6.07 Å². The van der Waals surface area contributed by atoms with E-state index >= 15 is 0 Å². The lowest BCUT2D eigenvalue weighted by molar-refractivity contribution is -0.187. The van der Waals surface area contributed by atoms with Crippen molar-refractivity contribution in [3.63, 3.8) is 0 Å². The van der Waals surface area contributed by atoms with Crippen LogP contribution in [0.15, 0.2) is 17.5 Å². The molecule has 2 aromatic heterocycles. The van der Waals surface area contributed by atoms with Crippen molar-refractivity contribution in [2.45, 2.75) is 32.4 Å². The van der Waals surface area contributed by atoms with Crippen molar-refractivity contribution < 1.29 is 18.0 Å². The van der Waals surface area contributed by atoms with Gasteiger partial charge in [-0.2, -0.15) is 13.2 Å². The molecule has 3 rings (SSSR count). The molecule has 130 valence electrons. The van der Waals surface area contributed by atoms with E-state index in [0.717, 1.165) is 20.5 Å². The van der Waals surface area contributed by atoms with Crippen LogP contribution in [0.25, 0.3) is 10.6 Å². The first kappa shape index (κ1) is 17.4. The van der Waals surface area contributed by atoms with Gasteiger partial charge in [-0.15, -0.1) is 22.7 Å². The summed E-state index contributed by atoms with van der Waals surface area (Å²) in [5.41, 5.74) is 0.783. The van der Waals surface area contributed by atoms with Crippen LogP contribution >= 0.6 is 22.7 Å². The average Bonchev–Trinajstić information content (AvgIpc) is 3.16. The summed E-state index contributed by atoms with van der Waals surface area (Å²) in [5, 5.41) is 2.79. The smallest absolute Gasteiger partial charge is 0.342 e. The van der Waals surface area contributed by atoms with Crippen LogP contribution in [0, 0.1) is 12.8 Å². The fraction of sp³-hybridized carbons (Fsp3) is 0.500. The van der Waals surface area contributed by atoms with E-state index in [4.69, 9.17) is 0 Å². The van der Waals surface area contributed by atoms with Crippen LogP contribution in [0.3, 0.4) is 0 Å². The number of alkyl halides is 3. The second-order valence-corrected chi connectivity index (χ2v) is 8.11. The van der Waals surface area contributed by atoms with Crippen LogP contribution in [0.5, 0.6) is 0 Å². The first-order valence-corrected chi connectivity index (χ1v) is 9.39. The van der Waals surface area contributed by atoms with E-state index in [1.165, 1.54) is 16.2 Å². The lowest BCUT2D eigenvalue weighted by Crippen LogP contribution is -2.45. The molecule has 0 saturated carbocycles. The number of thiophene rings is 1. The molecule has 24 heavy (non-hydrogen) atoms. The molecule has 3 nitrogen and oxygen atoms in total. The van der Waals surface area contributed by atoms with Gasteiger partial charge < -0.3 is 4.90 Å². The van der Waals surface area contributed by atoms with E-state index < -0.39 is 12.1 Å². The molecule has 1 atom stereocenters. The Bertz CT molecular complexity index is 709. The summed E-state index contributed by atoms with van der Waals surface area (Å²) in [7, 11) is 0. The van der Waals surface area contributed by atoms with Crippen LogP contribution in [0.2, 0.25) is 0 Å². The number of aromatic nitrogens is 1. The van der Waals surface area contributed by atoms with Gasteiger partial charge in [0, 0.05) is 18.0 Å². The van der Waals surface area contributed by atoms with Gasteiger partial charge in [0.15, 0.2) is 0 Å². The van der Waals surface area contributed by atoms with E-state index in [1.54, 1.807) is 11.3 Å². The van der Waals surface area contributed by atoms with Crippen molar-refractivity contribution in [2.75, 3.05) is 13.1 Å². The van der Waals surface area contributed by atoms with Gasteiger partial charge in [0.05, 0.1) is 27.9 Å². The highest BCUT2D eigenvalue weighted by Gasteiger charge is 2.42. The number of likely N-dealkylation sites (tertiary alicyclic amines) is 1. The van der Waals surface area contributed by atoms with E-state index in [2.05, 4.69) is 4.98 Å². The largest absolute Gasteiger partial charge is 0.393 e. The number of piperidine rings is 1. The number of thiazole rings is 1. The van der Waals surface area contributed by atoms with Crippen molar-refractivity contribution in [1.82, 2.24) is 9.88 Å². The predicted octanol–water partition coefficient (Wildman–Crippen LogP) is 4.52.